The van der Waals surface area contributed by atoms with Crippen LogP contribution in [0.3, 0.4) is 0 Å². The van der Waals surface area contributed by atoms with Crippen molar-refractivity contribution in [2.24, 2.45) is 0 Å². The Morgan fingerprint density at radius 3 is 1.60 bits per heavy atom. The number of unbranched alkanes of at least 4 members (excludes halogenated alkanes) is 23. The normalized spacial score (nSPS) is 19.2. The number of ether oxygens (including phenoxy) is 1. The molecule has 6 atom stereocenters. The predicted octanol–water partition coefficient (Wildman–Crippen LogP) is 8.90. The van der Waals surface area contributed by atoms with Gasteiger partial charge in [-0.1, -0.05) is 192 Å². The summed E-state index contributed by atoms with van der Waals surface area (Å²) >= 11 is 0. The molecular formula is C50H87N3O9. The first-order chi connectivity index (χ1) is 30.1. The Morgan fingerprint density at radius 1 is 0.629 bits per heavy atom. The summed E-state index contributed by atoms with van der Waals surface area (Å²) in [5.41, 5.74) is 0.761. The van der Waals surface area contributed by atoms with E-state index in [4.69, 9.17) is 9.84 Å². The van der Waals surface area contributed by atoms with E-state index >= 15 is 0 Å². The summed E-state index contributed by atoms with van der Waals surface area (Å²) in [7, 11) is 0. The number of rotatable bonds is 38. The fourth-order valence-corrected chi connectivity index (χ4v) is 8.47. The monoisotopic (exact) mass is 874 g/mol. The van der Waals surface area contributed by atoms with Gasteiger partial charge in [-0.05, 0) is 24.8 Å². The van der Waals surface area contributed by atoms with Crippen molar-refractivity contribution in [3.05, 3.63) is 35.9 Å². The number of hydrogen-bond donors (Lipinski definition) is 6. The SMILES string of the molecule is CCCCCCCCCCCCCCCCCCN(C(=O)CCCCCCCCCCC)[C@@H]1O[C@H](CO)[C@@H](O)[C@H](O)[C@H]1NC(=O)[C@H](Cc1ccccc1)NC(=O)CCCC(=O)O. The molecule has 1 aromatic carbocycles. The van der Waals surface area contributed by atoms with E-state index in [2.05, 4.69) is 24.5 Å². The number of carboxylic acids is 1. The minimum absolute atomic E-state index is 0.0972. The molecular weight excluding hydrogens is 787 g/mol. The van der Waals surface area contributed by atoms with E-state index in [1.165, 1.54) is 109 Å². The van der Waals surface area contributed by atoms with Crippen molar-refractivity contribution in [3.63, 3.8) is 0 Å². The lowest BCUT2D eigenvalue weighted by Gasteiger charge is -2.47. The maximum atomic E-state index is 14.2. The molecule has 1 aliphatic heterocycles. The van der Waals surface area contributed by atoms with Gasteiger partial charge >= 0.3 is 5.97 Å². The second kappa shape index (κ2) is 35.3. The van der Waals surface area contributed by atoms with Crippen LogP contribution in [0, 0.1) is 0 Å². The first kappa shape index (κ1) is 55.1. The molecule has 1 heterocycles. The van der Waals surface area contributed by atoms with Crippen molar-refractivity contribution in [1.29, 1.82) is 0 Å². The molecule has 1 aromatic rings. The van der Waals surface area contributed by atoms with Crippen molar-refractivity contribution in [3.8, 4) is 0 Å². The summed E-state index contributed by atoms with van der Waals surface area (Å²) in [6, 6.07) is 6.72. The van der Waals surface area contributed by atoms with Crippen molar-refractivity contribution in [2.75, 3.05) is 13.2 Å². The van der Waals surface area contributed by atoms with Gasteiger partial charge in [0.05, 0.1) is 6.61 Å². The van der Waals surface area contributed by atoms with Crippen LogP contribution in [0.15, 0.2) is 30.3 Å². The van der Waals surface area contributed by atoms with Crippen LogP contribution in [-0.2, 0) is 30.3 Å². The molecule has 1 fully saturated rings. The predicted molar refractivity (Wildman–Crippen MR) is 246 cm³/mol. The first-order valence-corrected chi connectivity index (χ1v) is 24.9. The van der Waals surface area contributed by atoms with Gasteiger partial charge in [-0.15, -0.1) is 0 Å². The van der Waals surface area contributed by atoms with Crippen molar-refractivity contribution >= 4 is 23.7 Å². The van der Waals surface area contributed by atoms with E-state index < -0.39 is 61.0 Å². The number of amides is 3. The zero-order valence-corrected chi connectivity index (χ0v) is 38.8. The Balaban J connectivity index is 2.12. The maximum absolute atomic E-state index is 14.2. The average molecular weight is 874 g/mol. The molecule has 12 heteroatoms. The fourth-order valence-electron chi connectivity index (χ4n) is 8.47. The summed E-state index contributed by atoms with van der Waals surface area (Å²) in [6.45, 7) is 4.18. The minimum atomic E-state index is -1.59. The topological polar surface area (TPSA) is 186 Å². The van der Waals surface area contributed by atoms with Gasteiger partial charge in [-0.3, -0.25) is 19.2 Å². The van der Waals surface area contributed by atoms with Crippen molar-refractivity contribution in [1.82, 2.24) is 15.5 Å². The molecule has 0 aliphatic carbocycles. The molecule has 2 rings (SSSR count). The van der Waals surface area contributed by atoms with Crippen LogP contribution in [0.1, 0.15) is 206 Å². The van der Waals surface area contributed by atoms with Crippen LogP contribution >= 0.6 is 0 Å². The maximum Gasteiger partial charge on any atom is 0.303 e. The Morgan fingerprint density at radius 2 is 1.11 bits per heavy atom. The number of aliphatic hydroxyl groups is 3. The number of carboxylic acid groups (broad SMARTS) is 1. The molecule has 62 heavy (non-hydrogen) atoms. The van der Waals surface area contributed by atoms with Crippen LogP contribution in [0.25, 0.3) is 0 Å². The molecule has 12 nitrogen and oxygen atoms in total. The fraction of sp³-hybridized carbons (Fsp3) is 0.800. The van der Waals surface area contributed by atoms with Gasteiger partial charge < -0.3 is 40.7 Å². The molecule has 356 valence electrons. The number of hydrogen-bond acceptors (Lipinski definition) is 8. The van der Waals surface area contributed by atoms with Gasteiger partial charge in [0.1, 0.15) is 30.4 Å². The van der Waals surface area contributed by atoms with Crippen LogP contribution in [0.4, 0.5) is 0 Å². The first-order valence-electron chi connectivity index (χ1n) is 24.9. The minimum Gasteiger partial charge on any atom is -0.481 e. The Kier molecular flexibility index (Phi) is 31.4. The number of carbonyl (C=O) groups excluding carboxylic acids is 3. The molecule has 0 aromatic heterocycles. The molecule has 0 bridgehead atoms. The number of nitrogens with zero attached hydrogens (tertiary/aromatic N) is 1. The van der Waals surface area contributed by atoms with Crippen LogP contribution in [0.2, 0.25) is 0 Å². The van der Waals surface area contributed by atoms with Crippen LogP contribution < -0.4 is 10.6 Å². The smallest absolute Gasteiger partial charge is 0.303 e. The standard InChI is InChI=1S/C50H87N3O9/c1-3-5-7-9-11-13-14-15-16-17-18-19-21-23-25-30-37-53(44(56)35-29-24-22-20-12-10-8-6-4-2)50-46(48(60)47(59)42(39-54)62-50)52-49(61)41(38-40-32-27-26-28-33-40)51-43(55)34-31-36-45(57)58/h26-28,32-33,41-42,46-48,50,54,59-60H,3-25,29-31,34-39H2,1-2H3,(H,51,55)(H,52,61)(H,57,58)/t41-,42+,46+,47+,48+,50+/m0/s1. The second-order valence-corrected chi connectivity index (χ2v) is 17.8. The summed E-state index contributed by atoms with van der Waals surface area (Å²) in [6.07, 6.45) is 24.0. The van der Waals surface area contributed by atoms with Crippen molar-refractivity contribution < 1.29 is 44.3 Å². The number of nitrogens with one attached hydrogen (secondary N) is 2. The number of carbonyl (C=O) groups is 4. The van der Waals surface area contributed by atoms with Gasteiger partial charge in [0.2, 0.25) is 17.7 Å². The molecule has 1 saturated heterocycles. The van der Waals surface area contributed by atoms with Gasteiger partial charge in [0.25, 0.3) is 0 Å². The third-order valence-corrected chi connectivity index (χ3v) is 12.3. The average Bonchev–Trinajstić information content (AvgIpc) is 3.26. The van der Waals surface area contributed by atoms with E-state index in [1.807, 2.05) is 30.3 Å². The summed E-state index contributed by atoms with van der Waals surface area (Å²) in [5.74, 6) is -2.35. The molecule has 3 amide bonds. The van der Waals surface area contributed by atoms with Gasteiger partial charge in [-0.25, -0.2) is 0 Å². The number of aliphatic hydroxyl groups excluding tert-OH is 3. The van der Waals surface area contributed by atoms with Gasteiger partial charge in [-0.2, -0.15) is 0 Å². The van der Waals surface area contributed by atoms with E-state index in [0.717, 1.165) is 44.1 Å². The van der Waals surface area contributed by atoms with Crippen LogP contribution in [0.5, 0.6) is 0 Å². The lowest BCUT2D eigenvalue weighted by Crippen LogP contribution is -2.70. The van der Waals surface area contributed by atoms with Crippen LogP contribution in [-0.4, -0.2) is 98.8 Å². The Bertz CT molecular complexity index is 1320. The molecule has 0 saturated carbocycles. The molecule has 0 radical (unpaired) electrons. The molecule has 0 unspecified atom stereocenters. The highest BCUT2D eigenvalue weighted by molar-refractivity contribution is 5.88. The van der Waals surface area contributed by atoms with Gasteiger partial charge in [0, 0.05) is 32.2 Å². The zero-order chi connectivity index (χ0) is 45.2. The summed E-state index contributed by atoms with van der Waals surface area (Å²) in [5, 5.41) is 47.4. The Hall–Kier alpha value is -3.06. The highest BCUT2D eigenvalue weighted by Gasteiger charge is 2.48. The highest BCUT2D eigenvalue weighted by atomic mass is 16.5. The molecule has 1 aliphatic rings. The quantitative estimate of drug-likeness (QED) is 0.0353. The second-order valence-electron chi connectivity index (χ2n) is 17.8. The zero-order valence-electron chi connectivity index (χ0n) is 38.8. The highest BCUT2D eigenvalue weighted by Crippen LogP contribution is 2.26. The largest absolute Gasteiger partial charge is 0.481 e. The summed E-state index contributed by atoms with van der Waals surface area (Å²) < 4.78 is 6.23. The third-order valence-electron chi connectivity index (χ3n) is 12.3. The van der Waals surface area contributed by atoms with E-state index in [0.29, 0.717) is 19.4 Å². The summed E-state index contributed by atoms with van der Waals surface area (Å²) in [4.78, 5) is 53.9. The van der Waals surface area contributed by atoms with E-state index in [9.17, 15) is 34.5 Å². The lowest BCUT2D eigenvalue weighted by molar-refractivity contribution is -0.231. The van der Waals surface area contributed by atoms with Gasteiger partial charge in [0.15, 0.2) is 6.23 Å². The third kappa shape index (κ3) is 24.1. The van der Waals surface area contributed by atoms with E-state index in [-0.39, 0.29) is 38.0 Å². The lowest BCUT2D eigenvalue weighted by atomic mass is 9.94. The Labute approximate surface area is 374 Å². The number of benzene rings is 1. The van der Waals surface area contributed by atoms with E-state index in [1.54, 1.807) is 4.90 Å². The van der Waals surface area contributed by atoms with Crippen molar-refractivity contribution in [2.45, 2.75) is 243 Å². The number of aliphatic carboxylic acids is 1. The molecule has 6 N–H and O–H groups in total. The molecule has 0 spiro atoms.